The SMILES string of the molecule is COc1ccc(-c2c(C)c3cc(OC)ccc3n2CCCCC(=O)N(C)CCCSCCCC(F)(F)C(F)(F)F)cc1. The first kappa shape index (κ1) is 33.6. The molecule has 1 heterocycles. The summed E-state index contributed by atoms with van der Waals surface area (Å²) in [5.74, 6) is -2.22. The molecule has 0 radical (unpaired) electrons. The number of thioether (sulfide) groups is 1. The number of alkyl halides is 5. The van der Waals surface area contributed by atoms with Gasteiger partial charge < -0.3 is 18.9 Å². The summed E-state index contributed by atoms with van der Waals surface area (Å²) < 4.78 is 75.7. The maximum absolute atomic E-state index is 13.0. The summed E-state index contributed by atoms with van der Waals surface area (Å²) in [4.78, 5) is 14.3. The Bertz CT molecular complexity index is 1310. The zero-order valence-corrected chi connectivity index (χ0v) is 25.3. The summed E-state index contributed by atoms with van der Waals surface area (Å²) in [6.45, 7) is 3.35. The van der Waals surface area contributed by atoms with Gasteiger partial charge in [0.15, 0.2) is 0 Å². The normalized spacial score (nSPS) is 12.1. The lowest BCUT2D eigenvalue weighted by Crippen LogP contribution is -2.36. The quantitative estimate of drug-likeness (QED) is 0.120. The topological polar surface area (TPSA) is 43.7 Å². The summed E-state index contributed by atoms with van der Waals surface area (Å²) in [5, 5.41) is 1.11. The number of carbonyl (C=O) groups is 1. The molecule has 0 saturated heterocycles. The van der Waals surface area contributed by atoms with E-state index in [4.69, 9.17) is 9.47 Å². The molecule has 0 bridgehead atoms. The molecule has 1 amide bonds. The van der Waals surface area contributed by atoms with Crippen molar-refractivity contribution in [3.63, 3.8) is 0 Å². The average molecular weight is 615 g/mol. The van der Waals surface area contributed by atoms with Gasteiger partial charge in [-0.15, -0.1) is 0 Å². The summed E-state index contributed by atoms with van der Waals surface area (Å²) in [6.07, 6.45) is -4.35. The van der Waals surface area contributed by atoms with Gasteiger partial charge in [-0.25, -0.2) is 0 Å². The van der Waals surface area contributed by atoms with Crippen molar-refractivity contribution >= 4 is 28.6 Å². The molecule has 42 heavy (non-hydrogen) atoms. The van der Waals surface area contributed by atoms with Crippen LogP contribution in [0.25, 0.3) is 22.2 Å². The number of aromatic nitrogens is 1. The maximum atomic E-state index is 13.0. The van der Waals surface area contributed by atoms with E-state index in [2.05, 4.69) is 17.6 Å². The summed E-state index contributed by atoms with van der Waals surface area (Å²) in [7, 11) is 5.02. The van der Waals surface area contributed by atoms with Crippen molar-refractivity contribution in [3.05, 3.63) is 48.0 Å². The van der Waals surface area contributed by atoms with Crippen LogP contribution in [0.3, 0.4) is 0 Å². The second-order valence-corrected chi connectivity index (χ2v) is 11.5. The number of benzene rings is 2. The van der Waals surface area contributed by atoms with Gasteiger partial charge in [0.25, 0.3) is 0 Å². The molecular formula is C31H39F5N2O3S. The number of methoxy groups -OCH3 is 2. The Morgan fingerprint density at radius 3 is 2.19 bits per heavy atom. The van der Waals surface area contributed by atoms with Gasteiger partial charge in [-0.2, -0.15) is 33.7 Å². The molecule has 2 aromatic carbocycles. The minimum Gasteiger partial charge on any atom is -0.497 e. The molecule has 1 aromatic heterocycles. The fourth-order valence-electron chi connectivity index (χ4n) is 4.89. The van der Waals surface area contributed by atoms with Gasteiger partial charge in [-0.05, 0) is 97.7 Å². The molecule has 0 aliphatic rings. The molecule has 3 aromatic rings. The smallest absolute Gasteiger partial charge is 0.453 e. The van der Waals surface area contributed by atoms with Crippen LogP contribution in [0.5, 0.6) is 11.5 Å². The highest BCUT2D eigenvalue weighted by atomic mass is 32.2. The number of halogens is 5. The Labute approximate surface area is 248 Å². The predicted molar refractivity (Wildman–Crippen MR) is 159 cm³/mol. The van der Waals surface area contributed by atoms with E-state index in [0.717, 1.165) is 52.2 Å². The van der Waals surface area contributed by atoms with E-state index in [1.165, 1.54) is 11.8 Å². The molecule has 0 aliphatic carbocycles. The van der Waals surface area contributed by atoms with E-state index in [1.54, 1.807) is 26.2 Å². The van der Waals surface area contributed by atoms with Crippen molar-refractivity contribution in [2.24, 2.45) is 0 Å². The summed E-state index contributed by atoms with van der Waals surface area (Å²) in [6, 6.07) is 14.0. The Morgan fingerprint density at radius 1 is 0.905 bits per heavy atom. The van der Waals surface area contributed by atoms with Crippen molar-refractivity contribution in [2.45, 2.75) is 64.1 Å². The number of carbonyl (C=O) groups excluding carboxylic acids is 1. The third-order valence-corrected chi connectivity index (χ3v) is 8.47. The molecule has 3 rings (SSSR count). The third kappa shape index (κ3) is 8.55. The Kier molecular flexibility index (Phi) is 12.0. The molecule has 0 aliphatic heterocycles. The van der Waals surface area contributed by atoms with Crippen LogP contribution >= 0.6 is 11.8 Å². The van der Waals surface area contributed by atoms with Crippen molar-refractivity contribution in [2.75, 3.05) is 39.3 Å². The van der Waals surface area contributed by atoms with Gasteiger partial charge in [0.2, 0.25) is 5.91 Å². The lowest BCUT2D eigenvalue weighted by Gasteiger charge is -2.19. The van der Waals surface area contributed by atoms with E-state index in [9.17, 15) is 26.7 Å². The number of hydrogen-bond donors (Lipinski definition) is 0. The largest absolute Gasteiger partial charge is 0.497 e. The van der Waals surface area contributed by atoms with Gasteiger partial charge in [0.05, 0.1) is 19.9 Å². The Hall–Kier alpha value is -2.95. The molecule has 0 unspecified atom stereocenters. The first-order valence-electron chi connectivity index (χ1n) is 14.0. The van der Waals surface area contributed by atoms with Crippen LogP contribution in [0.15, 0.2) is 42.5 Å². The van der Waals surface area contributed by atoms with Gasteiger partial charge >= 0.3 is 12.1 Å². The second-order valence-electron chi connectivity index (χ2n) is 10.3. The minimum atomic E-state index is -5.50. The molecule has 11 heteroatoms. The van der Waals surface area contributed by atoms with Gasteiger partial charge in [-0.3, -0.25) is 4.79 Å². The second kappa shape index (κ2) is 15.0. The molecule has 0 fully saturated rings. The Balaban J connectivity index is 1.49. The first-order chi connectivity index (χ1) is 19.9. The lowest BCUT2D eigenvalue weighted by molar-refractivity contribution is -0.284. The Morgan fingerprint density at radius 2 is 1.55 bits per heavy atom. The van der Waals surface area contributed by atoms with Crippen LogP contribution in [-0.4, -0.2) is 66.8 Å². The van der Waals surface area contributed by atoms with E-state index in [1.807, 2.05) is 36.4 Å². The van der Waals surface area contributed by atoms with Crippen LogP contribution in [0.4, 0.5) is 22.0 Å². The van der Waals surface area contributed by atoms with E-state index in [0.29, 0.717) is 31.6 Å². The van der Waals surface area contributed by atoms with Crippen LogP contribution in [0, 0.1) is 6.92 Å². The number of rotatable bonds is 16. The molecule has 232 valence electrons. The predicted octanol–water partition coefficient (Wildman–Crippen LogP) is 8.36. The molecule has 0 spiro atoms. The average Bonchev–Trinajstić information content (AvgIpc) is 3.24. The fourth-order valence-corrected chi connectivity index (χ4v) is 5.77. The third-order valence-electron chi connectivity index (χ3n) is 7.31. The summed E-state index contributed by atoms with van der Waals surface area (Å²) >= 11 is 1.33. The fraction of sp³-hybridized carbons (Fsp3) is 0.516. The molecular weight excluding hydrogens is 575 g/mol. The standard InChI is InChI=1S/C31H39F5N2O3S/c1-22-26-21-25(41-4)14-15-27(26)38(29(22)23-10-12-24(40-3)13-11-23)18-6-5-9-28(39)37(2)17-8-20-42-19-7-16-30(32,33)31(34,35)36/h10-15,21H,5-9,16-20H2,1-4H3. The number of unbranched alkanes of at least 4 members (excludes halogenated alkanes) is 1. The highest BCUT2D eigenvalue weighted by molar-refractivity contribution is 7.99. The number of fused-ring (bicyclic) bond motifs is 1. The van der Waals surface area contributed by atoms with Crippen molar-refractivity contribution in [3.8, 4) is 22.8 Å². The van der Waals surface area contributed by atoms with Crippen molar-refractivity contribution in [1.29, 1.82) is 0 Å². The minimum absolute atomic E-state index is 0.0264. The zero-order chi connectivity index (χ0) is 30.9. The number of ether oxygens (including phenoxy) is 2. The van der Waals surface area contributed by atoms with Crippen molar-refractivity contribution < 1.29 is 36.2 Å². The highest BCUT2D eigenvalue weighted by Gasteiger charge is 2.56. The highest BCUT2D eigenvalue weighted by Crippen LogP contribution is 2.39. The number of amides is 1. The van der Waals surface area contributed by atoms with Crippen LogP contribution in [-0.2, 0) is 11.3 Å². The number of aryl methyl sites for hydroxylation is 2. The van der Waals surface area contributed by atoms with Gasteiger partial charge in [0.1, 0.15) is 11.5 Å². The van der Waals surface area contributed by atoms with E-state index < -0.39 is 18.5 Å². The van der Waals surface area contributed by atoms with Gasteiger partial charge in [-0.1, -0.05) is 0 Å². The lowest BCUT2D eigenvalue weighted by atomic mass is 10.1. The van der Waals surface area contributed by atoms with E-state index in [-0.39, 0.29) is 18.1 Å². The monoisotopic (exact) mass is 614 g/mol. The number of nitrogens with zero attached hydrogens (tertiary/aromatic N) is 2. The summed E-state index contributed by atoms with van der Waals surface area (Å²) in [5.41, 5.74) is 4.44. The molecule has 0 N–H and O–H groups in total. The van der Waals surface area contributed by atoms with Crippen molar-refractivity contribution in [1.82, 2.24) is 9.47 Å². The molecule has 0 atom stereocenters. The van der Waals surface area contributed by atoms with Crippen LogP contribution in [0.1, 0.15) is 44.1 Å². The van der Waals surface area contributed by atoms with E-state index >= 15 is 0 Å². The molecule has 0 saturated carbocycles. The maximum Gasteiger partial charge on any atom is 0.453 e. The zero-order valence-electron chi connectivity index (χ0n) is 24.5. The number of hydrogen-bond acceptors (Lipinski definition) is 4. The first-order valence-corrected chi connectivity index (χ1v) is 15.1. The molecule has 5 nitrogen and oxygen atoms in total. The van der Waals surface area contributed by atoms with Crippen LogP contribution < -0.4 is 9.47 Å². The van der Waals surface area contributed by atoms with Gasteiger partial charge in [0, 0.05) is 43.9 Å². The van der Waals surface area contributed by atoms with Crippen LogP contribution in [0.2, 0.25) is 0 Å².